The number of rotatable bonds is 16. The first-order valence-electron chi connectivity index (χ1n) is 9.58. The molecule has 9 heteroatoms. The molecule has 1 unspecified atom stereocenters. The molecule has 0 radical (unpaired) electrons. The van der Waals surface area contributed by atoms with Crippen molar-refractivity contribution in [2.24, 2.45) is 5.73 Å². The van der Waals surface area contributed by atoms with Crippen LogP contribution in [0.5, 0.6) is 0 Å². The standard InChI is InChI=1S/C18H37N3O5S/c1-4-5-6-7-10-26-18(2,3)11-16(23)21(20-12-14(19)13-27)15(8-9-22)17(24)25/h14-15,20,22,27H,4-13,19H2,1-3H3,(H,24,25)/t14?,15-/m0/s1. The van der Waals surface area contributed by atoms with Gasteiger partial charge in [0.15, 0.2) is 0 Å². The first-order valence-corrected chi connectivity index (χ1v) is 10.2. The van der Waals surface area contributed by atoms with E-state index in [4.69, 9.17) is 15.6 Å². The molecule has 0 spiro atoms. The molecular formula is C18H37N3O5S. The lowest BCUT2D eigenvalue weighted by molar-refractivity contribution is -0.157. The molecule has 0 aliphatic carbocycles. The highest BCUT2D eigenvalue weighted by atomic mass is 32.1. The van der Waals surface area contributed by atoms with Gasteiger partial charge in [0, 0.05) is 38.0 Å². The van der Waals surface area contributed by atoms with Crippen molar-refractivity contribution in [3.05, 3.63) is 0 Å². The minimum absolute atomic E-state index is 0.0130. The van der Waals surface area contributed by atoms with Crippen molar-refractivity contribution in [2.45, 2.75) is 77.0 Å². The Bertz CT molecular complexity index is 437. The molecule has 0 aromatic heterocycles. The summed E-state index contributed by atoms with van der Waals surface area (Å²) in [6.07, 6.45) is 4.22. The molecule has 1 amide bonds. The van der Waals surface area contributed by atoms with Gasteiger partial charge in [0.2, 0.25) is 5.91 Å². The molecule has 0 aromatic carbocycles. The van der Waals surface area contributed by atoms with Gasteiger partial charge in [-0.05, 0) is 20.3 Å². The van der Waals surface area contributed by atoms with Gasteiger partial charge in [0.25, 0.3) is 0 Å². The Morgan fingerprint density at radius 2 is 1.96 bits per heavy atom. The molecule has 0 heterocycles. The van der Waals surface area contributed by atoms with Crippen LogP contribution in [-0.2, 0) is 14.3 Å². The summed E-state index contributed by atoms with van der Waals surface area (Å²) < 4.78 is 5.83. The van der Waals surface area contributed by atoms with Gasteiger partial charge in [-0.3, -0.25) is 9.80 Å². The number of carboxylic acids is 1. The number of hydrazine groups is 1. The Morgan fingerprint density at radius 3 is 2.48 bits per heavy atom. The van der Waals surface area contributed by atoms with Crippen LogP contribution in [0.25, 0.3) is 0 Å². The fourth-order valence-electron chi connectivity index (χ4n) is 2.52. The average molecular weight is 408 g/mol. The summed E-state index contributed by atoms with van der Waals surface area (Å²) in [5, 5.41) is 19.7. The number of nitrogens with one attached hydrogen (secondary N) is 1. The number of aliphatic hydroxyl groups excluding tert-OH is 1. The van der Waals surface area contributed by atoms with Crippen LogP contribution in [0, 0.1) is 0 Å². The molecule has 27 heavy (non-hydrogen) atoms. The van der Waals surface area contributed by atoms with E-state index in [-0.39, 0.29) is 32.0 Å². The highest BCUT2D eigenvalue weighted by molar-refractivity contribution is 7.80. The van der Waals surface area contributed by atoms with Crippen molar-refractivity contribution in [1.82, 2.24) is 10.4 Å². The highest BCUT2D eigenvalue weighted by Gasteiger charge is 2.33. The summed E-state index contributed by atoms with van der Waals surface area (Å²) in [6.45, 7) is 6.16. The Hall–Kier alpha value is -0.870. The third-order valence-corrected chi connectivity index (χ3v) is 4.56. The van der Waals surface area contributed by atoms with Gasteiger partial charge >= 0.3 is 5.97 Å². The number of aliphatic hydroxyl groups is 1. The van der Waals surface area contributed by atoms with E-state index in [9.17, 15) is 14.7 Å². The van der Waals surface area contributed by atoms with Crippen LogP contribution in [0.15, 0.2) is 0 Å². The van der Waals surface area contributed by atoms with Gasteiger partial charge in [0.05, 0.1) is 12.0 Å². The number of thiol groups is 1. The molecule has 0 saturated carbocycles. The topological polar surface area (TPSA) is 125 Å². The molecule has 0 aliphatic heterocycles. The number of hydrogen-bond donors (Lipinski definition) is 5. The number of carbonyl (C=O) groups excluding carboxylic acids is 1. The molecule has 0 fully saturated rings. The number of nitrogens with zero attached hydrogens (tertiary/aromatic N) is 1. The molecule has 5 N–H and O–H groups in total. The van der Waals surface area contributed by atoms with Crippen LogP contribution >= 0.6 is 12.6 Å². The van der Waals surface area contributed by atoms with Crippen molar-refractivity contribution in [1.29, 1.82) is 0 Å². The molecule has 0 aromatic rings. The van der Waals surface area contributed by atoms with Crippen molar-refractivity contribution in [3.63, 3.8) is 0 Å². The van der Waals surface area contributed by atoms with Crippen LogP contribution in [0.3, 0.4) is 0 Å². The van der Waals surface area contributed by atoms with Crippen LogP contribution in [0.2, 0.25) is 0 Å². The SMILES string of the molecule is CCCCCCOC(C)(C)CC(=O)N(NCC(N)CS)[C@@H](CCO)C(=O)O. The lowest BCUT2D eigenvalue weighted by atomic mass is 10.0. The number of aliphatic carboxylic acids is 1. The van der Waals surface area contributed by atoms with Gasteiger partial charge in [0.1, 0.15) is 6.04 Å². The van der Waals surface area contributed by atoms with Crippen LogP contribution in [0.4, 0.5) is 0 Å². The number of hydrogen-bond acceptors (Lipinski definition) is 7. The van der Waals surface area contributed by atoms with E-state index in [0.29, 0.717) is 12.4 Å². The maximum absolute atomic E-state index is 12.8. The summed E-state index contributed by atoms with van der Waals surface area (Å²) in [5.74, 6) is -1.22. The predicted molar refractivity (Wildman–Crippen MR) is 109 cm³/mol. The Kier molecular flexibility index (Phi) is 13.7. The summed E-state index contributed by atoms with van der Waals surface area (Å²) in [7, 11) is 0. The number of ether oxygens (including phenoxy) is 1. The number of carbonyl (C=O) groups is 2. The van der Waals surface area contributed by atoms with E-state index in [0.717, 1.165) is 30.7 Å². The van der Waals surface area contributed by atoms with Crippen molar-refractivity contribution < 1.29 is 24.5 Å². The first kappa shape index (κ1) is 26.1. The van der Waals surface area contributed by atoms with E-state index in [1.807, 2.05) is 13.8 Å². The Labute approximate surface area is 168 Å². The van der Waals surface area contributed by atoms with E-state index in [2.05, 4.69) is 25.0 Å². The quantitative estimate of drug-likeness (QED) is 0.148. The third kappa shape index (κ3) is 11.5. The minimum Gasteiger partial charge on any atom is -0.480 e. The number of nitrogens with two attached hydrogens (primary N) is 1. The number of amides is 1. The van der Waals surface area contributed by atoms with Crippen LogP contribution < -0.4 is 11.2 Å². The van der Waals surface area contributed by atoms with Crippen molar-refractivity contribution >= 4 is 24.5 Å². The number of unbranched alkanes of at least 4 members (excludes halogenated alkanes) is 3. The van der Waals surface area contributed by atoms with Crippen LogP contribution in [0.1, 0.15) is 59.3 Å². The maximum atomic E-state index is 12.8. The monoisotopic (exact) mass is 407 g/mol. The smallest absolute Gasteiger partial charge is 0.328 e. The lowest BCUT2D eigenvalue weighted by Gasteiger charge is -2.33. The molecule has 160 valence electrons. The lowest BCUT2D eigenvalue weighted by Crippen LogP contribution is -2.57. The average Bonchev–Trinajstić information content (AvgIpc) is 2.59. The molecule has 0 bridgehead atoms. The van der Waals surface area contributed by atoms with Gasteiger partial charge < -0.3 is 20.7 Å². The molecule has 8 nitrogen and oxygen atoms in total. The zero-order chi connectivity index (χ0) is 20.9. The minimum atomic E-state index is -1.19. The van der Waals surface area contributed by atoms with E-state index in [1.165, 1.54) is 0 Å². The summed E-state index contributed by atoms with van der Waals surface area (Å²) in [6, 6.07) is -1.52. The predicted octanol–water partition coefficient (Wildman–Crippen LogP) is 1.18. The largest absolute Gasteiger partial charge is 0.480 e. The van der Waals surface area contributed by atoms with Crippen molar-refractivity contribution in [2.75, 3.05) is 25.5 Å². The van der Waals surface area contributed by atoms with E-state index < -0.39 is 23.5 Å². The summed E-state index contributed by atoms with van der Waals surface area (Å²) in [5.41, 5.74) is 7.89. The first-order chi connectivity index (χ1) is 12.7. The second-order valence-electron chi connectivity index (χ2n) is 7.28. The summed E-state index contributed by atoms with van der Waals surface area (Å²) in [4.78, 5) is 24.4. The molecule has 0 rings (SSSR count). The maximum Gasteiger partial charge on any atom is 0.328 e. The second-order valence-corrected chi connectivity index (χ2v) is 7.65. The fourth-order valence-corrected chi connectivity index (χ4v) is 2.64. The third-order valence-electron chi connectivity index (χ3n) is 4.09. The normalized spacial score (nSPS) is 14.0. The molecule has 0 aliphatic rings. The fraction of sp³-hybridized carbons (Fsp3) is 0.889. The van der Waals surface area contributed by atoms with E-state index >= 15 is 0 Å². The Morgan fingerprint density at radius 1 is 1.30 bits per heavy atom. The molecule has 2 atom stereocenters. The zero-order valence-corrected chi connectivity index (χ0v) is 17.7. The van der Waals surface area contributed by atoms with Gasteiger partial charge in [-0.2, -0.15) is 12.6 Å². The van der Waals surface area contributed by atoms with Crippen molar-refractivity contribution in [3.8, 4) is 0 Å². The highest BCUT2D eigenvalue weighted by Crippen LogP contribution is 2.18. The Balaban J connectivity index is 4.95. The van der Waals surface area contributed by atoms with Gasteiger partial charge in [-0.25, -0.2) is 10.2 Å². The second kappa shape index (κ2) is 14.2. The van der Waals surface area contributed by atoms with Gasteiger partial charge in [-0.1, -0.05) is 26.2 Å². The van der Waals surface area contributed by atoms with Crippen LogP contribution in [-0.4, -0.2) is 70.3 Å². The number of carboxylic acid groups (broad SMARTS) is 1. The molecular weight excluding hydrogens is 370 g/mol. The summed E-state index contributed by atoms with van der Waals surface area (Å²) >= 11 is 4.09. The zero-order valence-electron chi connectivity index (χ0n) is 16.8. The van der Waals surface area contributed by atoms with Gasteiger partial charge in [-0.15, -0.1) is 0 Å². The van der Waals surface area contributed by atoms with E-state index in [1.54, 1.807) is 0 Å². The molecule has 0 saturated heterocycles.